The van der Waals surface area contributed by atoms with Gasteiger partial charge in [0.05, 0.1) is 7.11 Å². The molecule has 1 saturated carbocycles. The van der Waals surface area contributed by atoms with Crippen LogP contribution in [0.2, 0.25) is 0 Å². The van der Waals surface area contributed by atoms with Gasteiger partial charge in [0.1, 0.15) is 16.6 Å². The minimum atomic E-state index is -0.847. The zero-order valence-electron chi connectivity index (χ0n) is 16.1. The number of hydrogen-bond donors (Lipinski definition) is 0. The van der Waals surface area contributed by atoms with E-state index in [0.29, 0.717) is 0 Å². The third kappa shape index (κ3) is 1.39. The molecule has 29 heavy (non-hydrogen) atoms. The van der Waals surface area contributed by atoms with Crippen LogP contribution in [0.5, 0.6) is 5.75 Å². The maximum atomic E-state index is 13.6. The van der Waals surface area contributed by atoms with E-state index < -0.39 is 10.8 Å². The lowest BCUT2D eigenvalue weighted by atomic mass is 9.32. The predicted octanol–water partition coefficient (Wildman–Crippen LogP) is 3.94. The van der Waals surface area contributed by atoms with Crippen molar-refractivity contribution in [2.75, 3.05) is 7.11 Å². The van der Waals surface area contributed by atoms with Crippen molar-refractivity contribution >= 4 is 11.9 Å². The Bertz CT molecular complexity index is 1160. The van der Waals surface area contributed by atoms with Crippen molar-refractivity contribution in [1.82, 2.24) is 0 Å². The molecule has 0 unspecified atom stereocenters. The van der Waals surface area contributed by atoms with Crippen LogP contribution in [0.4, 0.5) is 0 Å². The van der Waals surface area contributed by atoms with Gasteiger partial charge in [0.15, 0.2) is 0 Å². The molecule has 0 spiro atoms. The summed E-state index contributed by atoms with van der Waals surface area (Å²) in [6.07, 6.45) is 6.24. The second kappa shape index (κ2) is 4.81. The first-order valence-corrected chi connectivity index (χ1v) is 10.4. The van der Waals surface area contributed by atoms with E-state index in [9.17, 15) is 9.59 Å². The van der Waals surface area contributed by atoms with E-state index in [4.69, 9.17) is 9.47 Å². The topological polar surface area (TPSA) is 52.6 Å². The van der Waals surface area contributed by atoms with Crippen LogP contribution in [0.25, 0.3) is 0 Å². The van der Waals surface area contributed by atoms with Crippen molar-refractivity contribution in [3.05, 3.63) is 76.9 Å². The van der Waals surface area contributed by atoms with Gasteiger partial charge in [-0.15, -0.1) is 0 Å². The lowest BCUT2D eigenvalue weighted by Gasteiger charge is -2.66. The van der Waals surface area contributed by atoms with Crippen molar-refractivity contribution in [2.24, 2.45) is 22.7 Å². The predicted molar refractivity (Wildman–Crippen MR) is 104 cm³/mol. The summed E-state index contributed by atoms with van der Waals surface area (Å²) < 4.78 is 11.1. The quantitative estimate of drug-likeness (QED) is 0.425. The number of allylic oxidation sites excluding steroid dienone is 2. The molecule has 2 aromatic carbocycles. The van der Waals surface area contributed by atoms with Crippen molar-refractivity contribution < 1.29 is 19.1 Å². The summed E-state index contributed by atoms with van der Waals surface area (Å²) in [6, 6.07) is 14.5. The SMILES string of the molecule is COc1ccc2c(c1)[C@@H]1c3ccccc3[C@H]2[C@]23C(=O)OC(=O)[C@]12[C@H]1C=C[C@@H]3CC1. The van der Waals surface area contributed by atoms with Crippen LogP contribution < -0.4 is 4.74 Å². The molecule has 9 rings (SSSR count). The van der Waals surface area contributed by atoms with Gasteiger partial charge in [-0.05, 0) is 59.1 Å². The van der Waals surface area contributed by atoms with E-state index in [-0.39, 0.29) is 35.6 Å². The van der Waals surface area contributed by atoms with Gasteiger partial charge in [-0.3, -0.25) is 9.59 Å². The molecule has 2 fully saturated rings. The second-order valence-electron chi connectivity index (χ2n) is 9.08. The Balaban J connectivity index is 1.68. The summed E-state index contributed by atoms with van der Waals surface area (Å²) in [5.41, 5.74) is 2.94. The van der Waals surface area contributed by atoms with E-state index in [1.54, 1.807) is 7.11 Å². The van der Waals surface area contributed by atoms with Crippen molar-refractivity contribution in [2.45, 2.75) is 24.7 Å². The molecule has 1 saturated heterocycles. The number of methoxy groups -OCH3 is 1. The number of cyclic esters (lactones) is 2. The van der Waals surface area contributed by atoms with Crippen LogP contribution in [-0.2, 0) is 14.3 Å². The van der Waals surface area contributed by atoms with Gasteiger partial charge in [0.25, 0.3) is 0 Å². The Morgan fingerprint density at radius 1 is 0.828 bits per heavy atom. The number of benzene rings is 2. The van der Waals surface area contributed by atoms with Crippen molar-refractivity contribution in [3.8, 4) is 5.75 Å². The number of esters is 2. The highest BCUT2D eigenvalue weighted by Crippen LogP contribution is 2.80. The highest BCUT2D eigenvalue weighted by molar-refractivity contribution is 6.07. The summed E-state index contributed by atoms with van der Waals surface area (Å²) in [5, 5.41) is 0. The number of rotatable bonds is 1. The van der Waals surface area contributed by atoms with Crippen LogP contribution in [0.3, 0.4) is 0 Å². The van der Waals surface area contributed by atoms with Crippen LogP contribution in [0.15, 0.2) is 54.6 Å². The Hall–Kier alpha value is -2.88. The molecule has 6 aliphatic carbocycles. The summed E-state index contributed by atoms with van der Waals surface area (Å²) in [7, 11) is 1.66. The molecule has 4 nitrogen and oxygen atoms in total. The number of carbonyl (C=O) groups excluding carboxylic acids is 2. The van der Waals surface area contributed by atoms with Crippen LogP contribution in [0.1, 0.15) is 46.9 Å². The smallest absolute Gasteiger partial charge is 0.322 e. The fraction of sp³-hybridized carbons (Fsp3) is 0.360. The molecular formula is C25H20O4. The molecule has 1 aliphatic heterocycles. The van der Waals surface area contributed by atoms with E-state index in [2.05, 4.69) is 36.4 Å². The zero-order chi connectivity index (χ0) is 19.5. The molecular weight excluding hydrogens is 364 g/mol. The molecule has 4 heteroatoms. The summed E-state index contributed by atoms with van der Waals surface area (Å²) >= 11 is 0. The van der Waals surface area contributed by atoms with Gasteiger partial charge in [0.2, 0.25) is 0 Å². The monoisotopic (exact) mass is 384 g/mol. The fourth-order valence-corrected chi connectivity index (χ4v) is 7.77. The first-order valence-electron chi connectivity index (χ1n) is 10.4. The minimum Gasteiger partial charge on any atom is -0.497 e. The number of hydrogen-bond acceptors (Lipinski definition) is 4. The molecule has 0 aromatic heterocycles. The molecule has 0 radical (unpaired) electrons. The standard InChI is InChI=1S/C25H20O4/c1-28-15-10-11-18-19(12-15)21-17-5-3-2-4-16(17)20(18)24-13-6-8-14(9-7-13)25(21,24)23(27)29-22(24)26/h2-6,8,10-14,20-21H,7,9H2,1H3/t13-,14+,20-,21+,24-,25+/m1/s1. The molecule has 4 bridgehead atoms. The van der Waals surface area contributed by atoms with Gasteiger partial charge in [-0.25, -0.2) is 0 Å². The van der Waals surface area contributed by atoms with E-state index >= 15 is 0 Å². The highest BCUT2D eigenvalue weighted by Gasteiger charge is 2.84. The maximum absolute atomic E-state index is 13.6. The third-order valence-electron chi connectivity index (χ3n) is 8.52. The van der Waals surface area contributed by atoms with Gasteiger partial charge >= 0.3 is 11.9 Å². The fourth-order valence-electron chi connectivity index (χ4n) is 7.77. The highest BCUT2D eigenvalue weighted by atomic mass is 16.6. The molecule has 7 aliphatic rings. The van der Waals surface area contributed by atoms with Crippen molar-refractivity contribution in [1.29, 1.82) is 0 Å². The van der Waals surface area contributed by atoms with Crippen molar-refractivity contribution in [3.63, 3.8) is 0 Å². The molecule has 144 valence electrons. The number of ether oxygens (including phenoxy) is 2. The lowest BCUT2D eigenvalue weighted by Crippen LogP contribution is -2.67. The van der Waals surface area contributed by atoms with E-state index in [1.165, 1.54) is 11.1 Å². The van der Waals surface area contributed by atoms with Gasteiger partial charge in [-0.1, -0.05) is 42.5 Å². The molecule has 6 atom stereocenters. The Kier molecular flexibility index (Phi) is 2.65. The van der Waals surface area contributed by atoms with E-state index in [0.717, 1.165) is 29.7 Å². The third-order valence-corrected chi connectivity index (χ3v) is 8.52. The van der Waals surface area contributed by atoms with Gasteiger partial charge < -0.3 is 9.47 Å². The molecule has 0 amide bonds. The molecule has 1 heterocycles. The number of fused-ring (bicyclic) bond motifs is 1. The minimum absolute atomic E-state index is 0.0201. The largest absolute Gasteiger partial charge is 0.497 e. The van der Waals surface area contributed by atoms with Crippen LogP contribution >= 0.6 is 0 Å². The Morgan fingerprint density at radius 2 is 1.38 bits per heavy atom. The summed E-state index contributed by atoms with van der Waals surface area (Å²) in [6.45, 7) is 0. The zero-order valence-corrected chi connectivity index (χ0v) is 16.1. The summed E-state index contributed by atoms with van der Waals surface area (Å²) in [4.78, 5) is 27.2. The summed E-state index contributed by atoms with van der Waals surface area (Å²) in [5.74, 6) is -0.155. The first kappa shape index (κ1) is 16.0. The van der Waals surface area contributed by atoms with E-state index in [1.807, 2.05) is 18.2 Å². The molecule has 2 aromatic rings. The second-order valence-corrected chi connectivity index (χ2v) is 9.08. The normalized spacial score (nSPS) is 39.5. The molecule has 0 N–H and O–H groups in total. The average Bonchev–Trinajstić information content (AvgIpc) is 3.04. The average molecular weight is 384 g/mol. The lowest BCUT2D eigenvalue weighted by molar-refractivity contribution is -0.161. The first-order chi connectivity index (χ1) is 14.2. The van der Waals surface area contributed by atoms with Crippen LogP contribution in [0, 0.1) is 22.7 Å². The van der Waals surface area contributed by atoms with Gasteiger partial charge in [-0.2, -0.15) is 0 Å². The van der Waals surface area contributed by atoms with Crippen LogP contribution in [-0.4, -0.2) is 19.0 Å². The van der Waals surface area contributed by atoms with Gasteiger partial charge in [0, 0.05) is 11.8 Å². The maximum Gasteiger partial charge on any atom is 0.322 e. The number of carbonyl (C=O) groups is 2. The Morgan fingerprint density at radius 3 is 1.93 bits per heavy atom. The Labute approximate surface area is 168 Å².